The van der Waals surface area contributed by atoms with E-state index >= 15 is 0 Å². The highest BCUT2D eigenvalue weighted by atomic mass is 16.6. The number of hydrogen-bond donors (Lipinski definition) is 2. The molecule has 2 N–H and O–H groups in total. The highest BCUT2D eigenvalue weighted by Gasteiger charge is 2.15. The van der Waals surface area contributed by atoms with Crippen LogP contribution in [0.1, 0.15) is 32.0 Å². The van der Waals surface area contributed by atoms with E-state index in [1.165, 1.54) is 16.8 Å². The number of carbonyl (C=O) groups excluding carboxylic acids is 1. The zero-order valence-corrected chi connectivity index (χ0v) is 18.2. The highest BCUT2D eigenvalue weighted by Crippen LogP contribution is 2.13. The van der Waals surface area contributed by atoms with Gasteiger partial charge in [-0.05, 0) is 38.5 Å². The van der Waals surface area contributed by atoms with Gasteiger partial charge in [-0.25, -0.2) is 14.3 Å². The number of nitrogens with one attached hydrogen (secondary N) is 2. The smallest absolute Gasteiger partial charge is 0.407 e. The van der Waals surface area contributed by atoms with Crippen LogP contribution in [0.5, 0.6) is 5.75 Å². The molecule has 0 saturated heterocycles. The van der Waals surface area contributed by atoms with Gasteiger partial charge in [-0.2, -0.15) is 0 Å². The van der Waals surface area contributed by atoms with Gasteiger partial charge >= 0.3 is 11.8 Å². The molecule has 0 aliphatic carbocycles. The maximum absolute atomic E-state index is 11.8. The molecular weight excluding hydrogens is 416 g/mol. The van der Waals surface area contributed by atoms with Gasteiger partial charge in [0.15, 0.2) is 0 Å². The summed E-state index contributed by atoms with van der Waals surface area (Å²) in [5, 5.41) is 10.8. The van der Waals surface area contributed by atoms with Crippen molar-refractivity contribution >= 4 is 6.09 Å². The Morgan fingerprint density at radius 1 is 1.12 bits per heavy atom. The Balaban J connectivity index is 1.46. The number of H-pyrrole nitrogens is 1. The molecule has 0 atom stereocenters. The van der Waals surface area contributed by atoms with E-state index in [1.54, 1.807) is 31.6 Å². The number of hydrogen-bond acceptors (Lipinski definition) is 7. The number of aromatic amines is 1. The van der Waals surface area contributed by atoms with Crippen LogP contribution in [0.3, 0.4) is 0 Å². The molecule has 0 aliphatic heterocycles. The summed E-state index contributed by atoms with van der Waals surface area (Å²) in [7, 11) is 0. The first-order valence-corrected chi connectivity index (χ1v) is 10.1. The van der Waals surface area contributed by atoms with Crippen molar-refractivity contribution in [3.8, 4) is 5.75 Å². The van der Waals surface area contributed by atoms with Crippen molar-refractivity contribution in [2.24, 2.45) is 0 Å². The molecule has 3 aromatic rings. The van der Waals surface area contributed by atoms with Crippen LogP contribution in [-0.2, 0) is 17.8 Å². The first-order valence-electron chi connectivity index (χ1n) is 10.1. The molecule has 1 amide bonds. The fourth-order valence-electron chi connectivity index (χ4n) is 2.75. The topological polar surface area (TPSA) is 133 Å². The minimum atomic E-state index is -0.536. The number of aromatic nitrogens is 5. The zero-order chi connectivity index (χ0) is 23.1. The van der Waals surface area contributed by atoms with Gasteiger partial charge in [-0.1, -0.05) is 17.3 Å². The Kier molecular flexibility index (Phi) is 7.08. The lowest BCUT2D eigenvalue weighted by molar-refractivity contribution is 0.0520. The third-order valence-electron chi connectivity index (χ3n) is 4.12. The fraction of sp³-hybridized carbons (Fsp3) is 0.381. The van der Waals surface area contributed by atoms with Gasteiger partial charge in [-0.3, -0.25) is 14.3 Å². The lowest BCUT2D eigenvalue weighted by atomic mass is 10.2. The molecule has 0 fully saturated rings. The van der Waals surface area contributed by atoms with Crippen LogP contribution >= 0.6 is 0 Å². The van der Waals surface area contributed by atoms with Gasteiger partial charge in [-0.15, -0.1) is 5.10 Å². The Hall–Kier alpha value is -3.89. The number of rotatable bonds is 8. The van der Waals surface area contributed by atoms with Gasteiger partial charge < -0.3 is 14.8 Å². The van der Waals surface area contributed by atoms with Crippen molar-refractivity contribution in [1.82, 2.24) is 29.9 Å². The summed E-state index contributed by atoms with van der Waals surface area (Å²) >= 11 is 0. The quantitative estimate of drug-likeness (QED) is 0.500. The van der Waals surface area contributed by atoms with E-state index in [0.717, 1.165) is 5.56 Å². The van der Waals surface area contributed by atoms with Crippen LogP contribution < -0.4 is 21.3 Å². The monoisotopic (exact) mass is 442 g/mol. The zero-order valence-electron chi connectivity index (χ0n) is 18.2. The lowest BCUT2D eigenvalue weighted by Crippen LogP contribution is -2.34. The Bertz CT molecular complexity index is 1160. The van der Waals surface area contributed by atoms with Crippen molar-refractivity contribution in [1.29, 1.82) is 0 Å². The van der Waals surface area contributed by atoms with E-state index in [9.17, 15) is 14.4 Å². The first kappa shape index (κ1) is 22.8. The number of ether oxygens (including phenoxy) is 2. The molecule has 32 heavy (non-hydrogen) atoms. The third kappa shape index (κ3) is 7.11. The van der Waals surface area contributed by atoms with E-state index in [4.69, 9.17) is 9.47 Å². The Morgan fingerprint density at radius 2 is 1.88 bits per heavy atom. The van der Waals surface area contributed by atoms with Crippen LogP contribution in [0.15, 0.2) is 52.3 Å². The van der Waals surface area contributed by atoms with Crippen LogP contribution in [0.25, 0.3) is 0 Å². The molecule has 3 rings (SSSR count). The SMILES string of the molecule is CC(C)(C)OC(=O)NCCOc1ccc(Cn2cc(Cn3ccc(=O)[nH]c3=O)nn2)cc1. The number of alkyl carbamates (subject to hydrolysis) is 1. The Labute approximate surface area is 184 Å². The third-order valence-corrected chi connectivity index (χ3v) is 4.12. The van der Waals surface area contributed by atoms with E-state index in [2.05, 4.69) is 20.6 Å². The van der Waals surface area contributed by atoms with Crippen molar-refractivity contribution in [2.75, 3.05) is 13.2 Å². The Morgan fingerprint density at radius 3 is 2.56 bits per heavy atom. The molecule has 0 unspecified atom stereocenters. The van der Waals surface area contributed by atoms with E-state index in [-0.39, 0.29) is 6.54 Å². The second kappa shape index (κ2) is 9.94. The van der Waals surface area contributed by atoms with E-state index in [0.29, 0.717) is 31.1 Å². The average molecular weight is 442 g/mol. The summed E-state index contributed by atoms with van der Waals surface area (Å²) in [5.41, 5.74) is 0.106. The van der Waals surface area contributed by atoms with Gasteiger partial charge in [0, 0.05) is 12.3 Å². The standard InChI is InChI=1S/C21H26N6O5/c1-21(2,3)32-20(30)22-9-11-31-17-6-4-15(5-7-17)12-27-14-16(24-25-27)13-26-10-8-18(28)23-19(26)29/h4-8,10,14H,9,11-13H2,1-3H3,(H,22,30)(H,23,28,29). The average Bonchev–Trinajstić information content (AvgIpc) is 3.14. The molecule has 0 saturated carbocycles. The van der Waals surface area contributed by atoms with E-state index in [1.807, 2.05) is 24.3 Å². The summed E-state index contributed by atoms with van der Waals surface area (Å²) < 4.78 is 13.8. The summed E-state index contributed by atoms with van der Waals surface area (Å²) in [6, 6.07) is 8.76. The molecule has 11 heteroatoms. The molecule has 0 bridgehead atoms. The summed E-state index contributed by atoms with van der Waals surface area (Å²) in [4.78, 5) is 36.7. The van der Waals surface area contributed by atoms with E-state index < -0.39 is 22.9 Å². The molecule has 0 spiro atoms. The summed E-state index contributed by atoms with van der Waals surface area (Å²) in [5.74, 6) is 0.677. The van der Waals surface area contributed by atoms with Gasteiger partial charge in [0.05, 0.1) is 25.8 Å². The molecule has 0 radical (unpaired) electrons. The van der Waals surface area contributed by atoms with Crippen LogP contribution in [0.2, 0.25) is 0 Å². The number of benzene rings is 1. The second-order valence-electron chi connectivity index (χ2n) is 8.07. The minimum Gasteiger partial charge on any atom is -0.492 e. The molecule has 2 aromatic heterocycles. The predicted molar refractivity (Wildman–Crippen MR) is 116 cm³/mol. The van der Waals surface area contributed by atoms with Gasteiger partial charge in [0.1, 0.15) is 23.7 Å². The minimum absolute atomic E-state index is 0.208. The highest BCUT2D eigenvalue weighted by molar-refractivity contribution is 5.67. The van der Waals surface area contributed by atoms with Crippen molar-refractivity contribution in [3.63, 3.8) is 0 Å². The largest absolute Gasteiger partial charge is 0.492 e. The van der Waals surface area contributed by atoms with Crippen molar-refractivity contribution in [2.45, 2.75) is 39.5 Å². The predicted octanol–water partition coefficient (Wildman–Crippen LogP) is 1.13. The van der Waals surface area contributed by atoms with Crippen LogP contribution in [0.4, 0.5) is 4.79 Å². The summed E-state index contributed by atoms with van der Waals surface area (Å²) in [6.07, 6.45) is 2.68. The summed E-state index contributed by atoms with van der Waals surface area (Å²) in [6.45, 7) is 6.76. The van der Waals surface area contributed by atoms with Gasteiger partial charge in [0.25, 0.3) is 5.56 Å². The number of carbonyl (C=O) groups is 1. The van der Waals surface area contributed by atoms with Crippen molar-refractivity contribution in [3.05, 3.63) is 74.8 Å². The molecular formula is C21H26N6O5. The van der Waals surface area contributed by atoms with Crippen molar-refractivity contribution < 1.29 is 14.3 Å². The fourth-order valence-corrected chi connectivity index (χ4v) is 2.75. The van der Waals surface area contributed by atoms with Crippen LogP contribution in [-0.4, -0.2) is 49.4 Å². The maximum Gasteiger partial charge on any atom is 0.407 e. The van der Waals surface area contributed by atoms with Gasteiger partial charge in [0.2, 0.25) is 0 Å². The molecule has 2 heterocycles. The molecule has 0 aliphatic rings. The first-order chi connectivity index (χ1) is 15.2. The molecule has 11 nitrogen and oxygen atoms in total. The second-order valence-corrected chi connectivity index (χ2v) is 8.07. The molecule has 1 aromatic carbocycles. The van der Waals surface area contributed by atoms with Crippen LogP contribution in [0, 0.1) is 0 Å². The number of amides is 1. The number of nitrogens with zero attached hydrogens (tertiary/aromatic N) is 4. The maximum atomic E-state index is 11.8. The lowest BCUT2D eigenvalue weighted by Gasteiger charge is -2.19. The normalized spacial score (nSPS) is 11.2. The molecule has 170 valence electrons.